The minimum Gasteiger partial charge on any atom is -0.119 e. The Hall–Kier alpha value is -0.105. The molecule has 2 aliphatic carbocycles. The molecule has 20 heavy (non-hydrogen) atoms. The predicted molar refractivity (Wildman–Crippen MR) is 114 cm³/mol. The summed E-state index contributed by atoms with van der Waals surface area (Å²) in [6.45, 7) is 0. The third-order valence-corrected chi connectivity index (χ3v) is 6.71. The van der Waals surface area contributed by atoms with Crippen molar-refractivity contribution in [2.24, 2.45) is 5.92 Å². The third kappa shape index (κ3) is 2.65. The second-order valence-electron chi connectivity index (χ2n) is 6.76. The Kier molecular flexibility index (Phi) is 4.84. The summed E-state index contributed by atoms with van der Waals surface area (Å²) < 4.78 is 1.32. The molecule has 2 rings (SSSR count). The van der Waals surface area contributed by atoms with E-state index >= 15 is 0 Å². The van der Waals surface area contributed by atoms with Gasteiger partial charge in [0.05, 0.1) is 0 Å². The third-order valence-electron chi connectivity index (χ3n) is 5.49. The molecule has 0 nitrogen and oxygen atoms in total. The van der Waals surface area contributed by atoms with Crippen LogP contribution < -0.4 is 0 Å². The highest BCUT2D eigenvalue weighted by Crippen LogP contribution is 2.47. The van der Waals surface area contributed by atoms with Crippen LogP contribution in [-0.4, -0.2) is 54.9 Å². The summed E-state index contributed by atoms with van der Waals surface area (Å²) in [6.07, 6.45) is 4.97. The van der Waals surface area contributed by atoms with E-state index < -0.39 is 0 Å². The highest BCUT2D eigenvalue weighted by atomic mass is 79.9. The molecule has 0 radical (unpaired) electrons. The average molecular weight is 320 g/mol. The summed E-state index contributed by atoms with van der Waals surface area (Å²) in [4.78, 5) is 0. The van der Waals surface area contributed by atoms with Crippen LogP contribution in [-0.2, 0) is 0 Å². The van der Waals surface area contributed by atoms with E-state index in [1.807, 2.05) is 0 Å². The Labute approximate surface area is 138 Å². The maximum Gasteiger partial charge on any atom is 0.139 e. The van der Waals surface area contributed by atoms with Crippen molar-refractivity contribution in [3.05, 3.63) is 44.1 Å². The molecule has 4 atom stereocenters. The molecular formula is C12H20B7Br. The van der Waals surface area contributed by atoms with Gasteiger partial charge in [0.1, 0.15) is 54.9 Å². The summed E-state index contributed by atoms with van der Waals surface area (Å²) in [5, 5.41) is 0. The number of hydrogen-bond donors (Lipinski definition) is 0. The first-order valence-electron chi connectivity index (χ1n) is 7.70. The molecule has 4 unspecified atom stereocenters. The molecule has 0 N–H and O–H groups in total. The lowest BCUT2D eigenvalue weighted by molar-refractivity contribution is 0.737. The Morgan fingerprint density at radius 2 is 1.40 bits per heavy atom. The van der Waals surface area contributed by atoms with Gasteiger partial charge in [-0.25, -0.2) is 0 Å². The SMILES string of the molecule is BC1=CC(B)C(B)C=C1C1C(B)=C(Br)C(B)=C(B)C1B. The van der Waals surface area contributed by atoms with Gasteiger partial charge in [0.15, 0.2) is 0 Å². The molecule has 0 aromatic rings. The topological polar surface area (TPSA) is 0 Å². The van der Waals surface area contributed by atoms with Crippen molar-refractivity contribution in [3.8, 4) is 0 Å². The van der Waals surface area contributed by atoms with Crippen molar-refractivity contribution in [2.75, 3.05) is 0 Å². The quantitative estimate of drug-likeness (QED) is 0.454. The van der Waals surface area contributed by atoms with Gasteiger partial charge < -0.3 is 0 Å². The largest absolute Gasteiger partial charge is 0.139 e. The second-order valence-corrected chi connectivity index (χ2v) is 7.55. The summed E-state index contributed by atoms with van der Waals surface area (Å²) >= 11 is 3.82. The fourth-order valence-electron chi connectivity index (χ4n) is 3.63. The van der Waals surface area contributed by atoms with Crippen molar-refractivity contribution in [3.63, 3.8) is 0 Å². The van der Waals surface area contributed by atoms with Crippen LogP contribution in [0.15, 0.2) is 44.1 Å². The van der Waals surface area contributed by atoms with Gasteiger partial charge in [-0.05, 0) is 11.7 Å². The average Bonchev–Trinajstić information content (AvgIpc) is 2.40. The molecule has 2 aliphatic rings. The van der Waals surface area contributed by atoms with Crippen LogP contribution in [0.2, 0.25) is 17.5 Å². The van der Waals surface area contributed by atoms with E-state index in [0.717, 1.165) is 0 Å². The zero-order chi connectivity index (χ0) is 15.2. The lowest BCUT2D eigenvalue weighted by atomic mass is 9.49. The first-order chi connectivity index (χ1) is 9.25. The van der Waals surface area contributed by atoms with Crippen molar-refractivity contribution < 1.29 is 0 Å². The lowest BCUT2D eigenvalue weighted by Gasteiger charge is -2.38. The highest BCUT2D eigenvalue weighted by Gasteiger charge is 2.32. The van der Waals surface area contributed by atoms with Crippen molar-refractivity contribution >= 4 is 70.9 Å². The zero-order valence-electron chi connectivity index (χ0n) is 13.8. The van der Waals surface area contributed by atoms with Crippen LogP contribution in [0.1, 0.15) is 0 Å². The van der Waals surface area contributed by atoms with E-state index in [4.69, 9.17) is 0 Å². The normalized spacial score (nSPS) is 34.9. The van der Waals surface area contributed by atoms with Gasteiger partial charge >= 0.3 is 0 Å². The van der Waals surface area contributed by atoms with Gasteiger partial charge in [-0.2, -0.15) is 0 Å². The highest BCUT2D eigenvalue weighted by molar-refractivity contribution is 9.12. The molecule has 0 amide bonds. The molecule has 0 heterocycles. The maximum atomic E-state index is 3.82. The van der Waals surface area contributed by atoms with E-state index in [9.17, 15) is 0 Å². The number of rotatable bonds is 1. The van der Waals surface area contributed by atoms with E-state index in [1.54, 1.807) is 5.57 Å². The lowest BCUT2D eigenvalue weighted by Crippen LogP contribution is -2.26. The molecule has 0 fully saturated rings. The van der Waals surface area contributed by atoms with Gasteiger partial charge in [-0.1, -0.05) is 61.7 Å². The zero-order valence-corrected chi connectivity index (χ0v) is 15.4. The fraction of sp³-hybridized carbons (Fsp3) is 0.333. The van der Waals surface area contributed by atoms with Gasteiger partial charge in [0, 0.05) is 4.48 Å². The predicted octanol–water partition coefficient (Wildman–Crippen LogP) is -2.94. The first-order valence-corrected chi connectivity index (χ1v) is 8.49. The number of halogens is 1. The Bertz CT molecular complexity index is 560. The molecule has 0 bridgehead atoms. The second kappa shape index (κ2) is 5.95. The van der Waals surface area contributed by atoms with Crippen LogP contribution in [0.25, 0.3) is 0 Å². The van der Waals surface area contributed by atoms with Gasteiger partial charge in [-0.3, -0.25) is 0 Å². The standard InChI is InChI=1S/C12H20B7Br/c13-4-2-6(15)5(14)1-3(4)7-8(16)10(18)11(19)12(20)9(7)17/h1-2,5-8H,13-19H2. The molecule has 0 aromatic heterocycles. The summed E-state index contributed by atoms with van der Waals surface area (Å²) in [7, 11) is 16.1. The Morgan fingerprint density at radius 3 is 2.00 bits per heavy atom. The molecule has 0 saturated carbocycles. The first kappa shape index (κ1) is 16.3. The smallest absolute Gasteiger partial charge is 0.119 e. The van der Waals surface area contributed by atoms with Crippen LogP contribution in [0.4, 0.5) is 0 Å². The fourth-order valence-corrected chi connectivity index (χ4v) is 4.19. The van der Waals surface area contributed by atoms with Gasteiger partial charge in [0.25, 0.3) is 0 Å². The van der Waals surface area contributed by atoms with E-state index in [1.165, 1.54) is 26.4 Å². The molecule has 0 saturated heterocycles. The monoisotopic (exact) mass is 320 g/mol. The van der Waals surface area contributed by atoms with Crippen LogP contribution in [0.3, 0.4) is 0 Å². The summed E-state index contributed by atoms with van der Waals surface area (Å²) in [5.41, 5.74) is 7.45. The molecule has 0 aromatic carbocycles. The van der Waals surface area contributed by atoms with Gasteiger partial charge in [-0.15, -0.1) is 5.47 Å². The Balaban J connectivity index is 2.49. The minimum atomic E-state index is 0.527. The molecule has 0 aliphatic heterocycles. The van der Waals surface area contributed by atoms with Gasteiger partial charge in [0.2, 0.25) is 0 Å². The molecule has 96 valence electrons. The number of hydrogen-bond acceptors (Lipinski definition) is 0. The van der Waals surface area contributed by atoms with Crippen LogP contribution in [0.5, 0.6) is 0 Å². The van der Waals surface area contributed by atoms with Crippen LogP contribution in [0, 0.1) is 5.92 Å². The molecule has 0 spiro atoms. The Morgan fingerprint density at radius 1 is 0.850 bits per heavy atom. The van der Waals surface area contributed by atoms with Crippen molar-refractivity contribution in [1.29, 1.82) is 0 Å². The molecule has 8 heteroatoms. The summed E-state index contributed by atoms with van der Waals surface area (Å²) in [5.74, 6) is 2.41. The van der Waals surface area contributed by atoms with E-state index in [2.05, 4.69) is 83.0 Å². The summed E-state index contributed by atoms with van der Waals surface area (Å²) in [6, 6.07) is 0. The van der Waals surface area contributed by atoms with Crippen molar-refractivity contribution in [2.45, 2.75) is 17.5 Å². The molecular weight excluding hydrogens is 300 g/mol. The number of allylic oxidation sites excluding steroid dienone is 8. The maximum absolute atomic E-state index is 3.82. The van der Waals surface area contributed by atoms with E-state index in [-0.39, 0.29) is 0 Å². The van der Waals surface area contributed by atoms with E-state index in [0.29, 0.717) is 23.4 Å². The van der Waals surface area contributed by atoms with Crippen molar-refractivity contribution in [1.82, 2.24) is 0 Å². The minimum absolute atomic E-state index is 0.527. The van der Waals surface area contributed by atoms with Crippen LogP contribution >= 0.6 is 15.9 Å².